The first-order valence-electron chi connectivity index (χ1n) is 31.4. The van der Waals surface area contributed by atoms with Gasteiger partial charge in [0.2, 0.25) is 0 Å². The minimum Gasteiger partial charge on any atom is -0.355 e. The molecule has 0 aliphatic heterocycles. The van der Waals surface area contributed by atoms with Gasteiger partial charge in [-0.1, -0.05) is 182 Å². The molecule has 1 N–H and O–H groups in total. The maximum atomic E-state index is 5.36. The number of benzene rings is 8. The Morgan fingerprint density at radius 2 is 1.00 bits per heavy atom. The first kappa shape index (κ1) is 50.7. The van der Waals surface area contributed by atoms with Gasteiger partial charge in [-0.25, -0.2) is 15.0 Å². The fourth-order valence-corrected chi connectivity index (χ4v) is 15.2. The summed E-state index contributed by atoms with van der Waals surface area (Å²) in [7, 11) is 0. The Labute approximate surface area is 510 Å². The lowest BCUT2D eigenvalue weighted by Crippen LogP contribution is -2.08. The van der Waals surface area contributed by atoms with E-state index in [0.717, 1.165) is 84.8 Å². The molecule has 0 spiro atoms. The zero-order valence-corrected chi connectivity index (χ0v) is 48.7. The number of aromatic amines is 1. The van der Waals surface area contributed by atoms with Gasteiger partial charge >= 0.3 is 0 Å². The number of allylic oxidation sites excluding steroid dienone is 11. The van der Waals surface area contributed by atoms with Crippen molar-refractivity contribution in [2.24, 2.45) is 0 Å². The van der Waals surface area contributed by atoms with Crippen LogP contribution in [0.5, 0.6) is 0 Å². The van der Waals surface area contributed by atoms with E-state index in [1.807, 2.05) is 6.07 Å². The van der Waals surface area contributed by atoms with Gasteiger partial charge in [0.25, 0.3) is 0 Å². The van der Waals surface area contributed by atoms with Crippen LogP contribution in [0.2, 0.25) is 0 Å². The highest BCUT2D eigenvalue weighted by Crippen LogP contribution is 2.45. The number of hydrogen-bond acceptors (Lipinski definition) is 3. The molecule has 420 valence electrons. The van der Waals surface area contributed by atoms with E-state index >= 15 is 0 Å². The predicted octanol–water partition coefficient (Wildman–Crippen LogP) is 20.2. The van der Waals surface area contributed by atoms with Crippen LogP contribution in [0.25, 0.3) is 140 Å². The standard InChI is InChI=1S/C81H61N7/c1-4-19-52(20-5-1)79-83-80(53-37-35-51(36-38-53)66-49-58(50-71-78(66)65-30-10-14-31-70(65)82-71)56-41-44-76-69(48-56)63-28-12-16-33-73(63)87(76)60-24-8-3-9-25-60)85-81(84-79)57-21-18-26-61(45-57)88-74-34-17-13-29-64(74)68-47-55(40-43-77(68)88)54-39-42-75-67(46-54)62-27-11-15-32-72(62)86(75)59-22-6-2-7-23-59/h1-9,11-16,18-22,24,26-29,31-33,35-39,41-42,44-50,59-60,82H,10,17,23,25,30,34,40,43H2. The largest absolute Gasteiger partial charge is 0.355 e. The molecule has 0 amide bonds. The molecule has 2 atom stereocenters. The van der Waals surface area contributed by atoms with Crippen molar-refractivity contribution in [2.45, 2.75) is 63.5 Å². The van der Waals surface area contributed by atoms with E-state index in [4.69, 9.17) is 15.0 Å². The van der Waals surface area contributed by atoms with Gasteiger partial charge in [0.15, 0.2) is 17.5 Å². The van der Waals surface area contributed by atoms with Crippen LogP contribution in [0, 0.1) is 0 Å². The Hall–Kier alpha value is -10.6. The SMILES string of the molecule is C1=CCC(n2c3ccccc3c3cc(C4=Cc5c6c(n(-c7cccc(-c8nc(-c9ccccc9)nc(-c9ccc(-c%10cc(-c%11ccc%12c(c%11)c%11ccccc%11n%12C%11C=CC=CC%11)cc%11[nH]c%12c(c%10%11)CCC=C%12)cc9)n8)c7)c5CC4)CCC=C6)ccc32)C=C1. The van der Waals surface area contributed by atoms with Crippen molar-refractivity contribution < 1.29 is 0 Å². The van der Waals surface area contributed by atoms with Gasteiger partial charge in [-0.2, -0.15) is 0 Å². The Kier molecular flexibility index (Phi) is 11.8. The third kappa shape index (κ3) is 8.28. The first-order valence-corrected chi connectivity index (χ1v) is 31.4. The van der Waals surface area contributed by atoms with Gasteiger partial charge in [0.05, 0.1) is 12.1 Å². The number of aromatic nitrogens is 7. The van der Waals surface area contributed by atoms with Crippen LogP contribution in [0.1, 0.15) is 83.5 Å². The topological polar surface area (TPSA) is 69.2 Å². The van der Waals surface area contributed by atoms with Crippen molar-refractivity contribution in [2.75, 3.05) is 0 Å². The van der Waals surface area contributed by atoms with E-state index in [1.165, 1.54) is 111 Å². The molecule has 0 saturated heterocycles. The van der Waals surface area contributed by atoms with Gasteiger partial charge in [-0.15, -0.1) is 0 Å². The van der Waals surface area contributed by atoms with Crippen LogP contribution in [-0.2, 0) is 19.3 Å². The second kappa shape index (κ2) is 20.5. The predicted molar refractivity (Wildman–Crippen MR) is 365 cm³/mol. The number of fused-ring (bicyclic) bond motifs is 12. The Morgan fingerprint density at radius 1 is 0.409 bits per heavy atom. The summed E-state index contributed by atoms with van der Waals surface area (Å²) in [6.07, 6.45) is 37.6. The molecule has 0 bridgehead atoms. The van der Waals surface area contributed by atoms with Crippen molar-refractivity contribution in [1.29, 1.82) is 0 Å². The molecule has 7 nitrogen and oxygen atoms in total. The second-order valence-corrected chi connectivity index (χ2v) is 24.3. The molecule has 0 saturated carbocycles. The van der Waals surface area contributed by atoms with Crippen LogP contribution in [-0.4, -0.2) is 33.6 Å². The summed E-state index contributed by atoms with van der Waals surface area (Å²) >= 11 is 0. The molecular formula is C81H61N7. The third-order valence-electron chi connectivity index (χ3n) is 19.3. The van der Waals surface area contributed by atoms with E-state index in [-0.39, 0.29) is 6.04 Å². The number of nitrogens with one attached hydrogen (secondary N) is 1. The first-order chi connectivity index (χ1) is 43.6. The average Bonchev–Trinajstić information content (AvgIpc) is 2.39. The van der Waals surface area contributed by atoms with Gasteiger partial charge in [0.1, 0.15) is 0 Å². The van der Waals surface area contributed by atoms with Gasteiger partial charge in [0, 0.05) is 105 Å². The molecule has 5 aliphatic carbocycles. The lowest BCUT2D eigenvalue weighted by atomic mass is 9.89. The van der Waals surface area contributed by atoms with Crippen LogP contribution in [0.15, 0.2) is 237 Å². The minimum absolute atomic E-state index is 0.275. The summed E-state index contributed by atoms with van der Waals surface area (Å²) in [6, 6.07) is 65.5. The summed E-state index contributed by atoms with van der Waals surface area (Å²) in [5.74, 6) is 1.93. The lowest BCUT2D eigenvalue weighted by molar-refractivity contribution is 0.648. The lowest BCUT2D eigenvalue weighted by Gasteiger charge is -2.20. The highest BCUT2D eigenvalue weighted by atomic mass is 15.0. The van der Waals surface area contributed by atoms with Crippen LogP contribution in [0.4, 0.5) is 0 Å². The quantitative estimate of drug-likeness (QED) is 0.157. The highest BCUT2D eigenvalue weighted by molar-refractivity contribution is 6.11. The zero-order chi connectivity index (χ0) is 57.8. The summed E-state index contributed by atoms with van der Waals surface area (Å²) in [4.78, 5) is 19.7. The average molecular weight is 1130 g/mol. The van der Waals surface area contributed by atoms with Gasteiger partial charge in [-0.3, -0.25) is 0 Å². The molecule has 0 radical (unpaired) electrons. The van der Waals surface area contributed by atoms with Crippen molar-refractivity contribution in [1.82, 2.24) is 33.6 Å². The summed E-state index contributed by atoms with van der Waals surface area (Å²) in [5, 5.41) is 6.48. The summed E-state index contributed by atoms with van der Waals surface area (Å²) < 4.78 is 7.61. The molecular weight excluding hydrogens is 1070 g/mol. The van der Waals surface area contributed by atoms with E-state index in [0.29, 0.717) is 23.5 Å². The monoisotopic (exact) mass is 1130 g/mol. The molecule has 7 heteroatoms. The van der Waals surface area contributed by atoms with Crippen LogP contribution < -0.4 is 0 Å². The maximum absolute atomic E-state index is 5.36. The molecule has 88 heavy (non-hydrogen) atoms. The number of hydrogen-bond donors (Lipinski definition) is 1. The number of H-pyrrole nitrogens is 1. The number of nitrogens with zero attached hydrogens (tertiary/aromatic N) is 6. The Balaban J connectivity index is 0.711. The molecule has 5 heterocycles. The van der Waals surface area contributed by atoms with Crippen molar-refractivity contribution in [3.8, 4) is 62.1 Å². The van der Waals surface area contributed by atoms with Gasteiger partial charge < -0.3 is 18.7 Å². The van der Waals surface area contributed by atoms with E-state index in [9.17, 15) is 0 Å². The summed E-state index contributed by atoms with van der Waals surface area (Å²) in [6.45, 7) is 0. The third-order valence-corrected chi connectivity index (χ3v) is 19.3. The highest BCUT2D eigenvalue weighted by Gasteiger charge is 2.28. The van der Waals surface area contributed by atoms with E-state index in [1.54, 1.807) is 0 Å². The van der Waals surface area contributed by atoms with Gasteiger partial charge in [-0.05, 0) is 163 Å². The Bertz CT molecular complexity index is 5270. The molecule has 5 aliphatic rings. The molecule has 8 aromatic carbocycles. The van der Waals surface area contributed by atoms with E-state index in [2.05, 4.69) is 268 Å². The van der Waals surface area contributed by atoms with Crippen molar-refractivity contribution in [3.63, 3.8) is 0 Å². The maximum Gasteiger partial charge on any atom is 0.164 e. The van der Waals surface area contributed by atoms with Crippen molar-refractivity contribution in [3.05, 3.63) is 276 Å². The molecule has 13 aromatic rings. The number of rotatable bonds is 9. The fourth-order valence-electron chi connectivity index (χ4n) is 15.2. The zero-order valence-electron chi connectivity index (χ0n) is 48.7. The van der Waals surface area contributed by atoms with Crippen molar-refractivity contribution >= 4 is 78.3 Å². The molecule has 5 aromatic heterocycles. The summed E-state index contributed by atoms with van der Waals surface area (Å²) in [5.41, 5.74) is 25.7. The smallest absolute Gasteiger partial charge is 0.164 e. The molecule has 2 unspecified atom stereocenters. The normalized spacial score (nSPS) is 16.8. The second-order valence-electron chi connectivity index (χ2n) is 24.3. The van der Waals surface area contributed by atoms with Crippen LogP contribution in [0.3, 0.4) is 0 Å². The number of aryl methyl sites for hydroxylation is 1. The minimum atomic E-state index is 0.275. The van der Waals surface area contributed by atoms with E-state index < -0.39 is 0 Å². The molecule has 18 rings (SSSR count). The fraction of sp³-hybridized carbons (Fsp3) is 0.123. The molecule has 0 fully saturated rings. The van der Waals surface area contributed by atoms with Crippen LogP contribution >= 0.6 is 0 Å². The Morgan fingerprint density at radius 3 is 1.72 bits per heavy atom. The number of para-hydroxylation sites is 2.